The summed E-state index contributed by atoms with van der Waals surface area (Å²) in [4.78, 5) is 33.2. The quantitative estimate of drug-likeness (QED) is 0.843. The van der Waals surface area contributed by atoms with E-state index in [-0.39, 0.29) is 11.8 Å². The number of hydrogen-bond donors (Lipinski definition) is 0. The lowest BCUT2D eigenvalue weighted by molar-refractivity contribution is 0.0745. The van der Waals surface area contributed by atoms with Crippen LogP contribution in [0.5, 0.6) is 0 Å². The summed E-state index contributed by atoms with van der Waals surface area (Å²) in [5.41, 5.74) is 1.74. The maximum absolute atomic E-state index is 12.8. The van der Waals surface area contributed by atoms with Gasteiger partial charge in [-0.2, -0.15) is 0 Å². The van der Waals surface area contributed by atoms with Crippen LogP contribution in [0.2, 0.25) is 0 Å². The van der Waals surface area contributed by atoms with E-state index in [4.69, 9.17) is 0 Å². The molecule has 1 aromatic heterocycles. The van der Waals surface area contributed by atoms with Crippen molar-refractivity contribution in [1.82, 2.24) is 14.8 Å². The van der Waals surface area contributed by atoms with Gasteiger partial charge >= 0.3 is 0 Å². The normalized spacial score (nSPS) is 13.7. The first kappa shape index (κ1) is 17.1. The number of carbonyl (C=O) groups is 2. The van der Waals surface area contributed by atoms with Gasteiger partial charge in [0.15, 0.2) is 0 Å². The average molecular weight is 337 g/mol. The third-order valence-corrected chi connectivity index (χ3v) is 4.47. The number of benzene rings is 1. The van der Waals surface area contributed by atoms with Gasteiger partial charge in [-0.1, -0.05) is 36.4 Å². The smallest absolute Gasteiger partial charge is 0.272 e. The zero-order valence-electron chi connectivity index (χ0n) is 14.5. The molecule has 2 aromatic rings. The fraction of sp³-hybridized carbons (Fsp3) is 0.350. The Morgan fingerprint density at radius 3 is 2.36 bits per heavy atom. The molecule has 25 heavy (non-hydrogen) atoms. The van der Waals surface area contributed by atoms with Gasteiger partial charge in [0, 0.05) is 26.2 Å². The second-order valence-electron chi connectivity index (χ2n) is 6.21. The Morgan fingerprint density at radius 1 is 1.00 bits per heavy atom. The lowest BCUT2D eigenvalue weighted by Crippen LogP contribution is -2.32. The Hall–Kier alpha value is -2.69. The SMILES string of the molecule is CCN(Cc1ccccc1)C(=O)c1cccc(C(=O)N2CCCC2)n1. The molecule has 130 valence electrons. The van der Waals surface area contributed by atoms with Crippen LogP contribution in [-0.2, 0) is 6.54 Å². The number of pyridine rings is 1. The van der Waals surface area contributed by atoms with Crippen molar-refractivity contribution in [2.75, 3.05) is 19.6 Å². The molecular formula is C20H23N3O2. The van der Waals surface area contributed by atoms with Crippen LogP contribution in [0.15, 0.2) is 48.5 Å². The lowest BCUT2D eigenvalue weighted by Gasteiger charge is -2.21. The first-order valence-corrected chi connectivity index (χ1v) is 8.78. The van der Waals surface area contributed by atoms with E-state index in [0.29, 0.717) is 24.5 Å². The minimum Gasteiger partial charge on any atom is -0.337 e. The van der Waals surface area contributed by atoms with Crippen molar-refractivity contribution in [3.63, 3.8) is 0 Å². The molecule has 1 saturated heterocycles. The fourth-order valence-corrected chi connectivity index (χ4v) is 3.05. The molecule has 5 nitrogen and oxygen atoms in total. The number of nitrogens with zero attached hydrogens (tertiary/aromatic N) is 3. The number of hydrogen-bond acceptors (Lipinski definition) is 3. The minimum atomic E-state index is -0.151. The third-order valence-electron chi connectivity index (χ3n) is 4.47. The summed E-state index contributed by atoms with van der Waals surface area (Å²) in [6.45, 7) is 4.60. The molecule has 0 atom stereocenters. The molecule has 1 aromatic carbocycles. The second kappa shape index (κ2) is 7.92. The summed E-state index contributed by atoms with van der Waals surface area (Å²) >= 11 is 0. The number of rotatable bonds is 5. The molecule has 0 spiro atoms. The van der Waals surface area contributed by atoms with Crippen LogP contribution in [0.25, 0.3) is 0 Å². The number of carbonyl (C=O) groups excluding carboxylic acids is 2. The molecule has 0 bridgehead atoms. The highest BCUT2D eigenvalue weighted by molar-refractivity contribution is 5.96. The second-order valence-corrected chi connectivity index (χ2v) is 6.21. The van der Waals surface area contributed by atoms with Gasteiger partial charge in [-0.25, -0.2) is 4.98 Å². The van der Waals surface area contributed by atoms with Crippen molar-refractivity contribution in [3.8, 4) is 0 Å². The zero-order chi connectivity index (χ0) is 17.6. The van der Waals surface area contributed by atoms with Gasteiger partial charge in [-0.3, -0.25) is 9.59 Å². The molecule has 5 heteroatoms. The van der Waals surface area contributed by atoms with Gasteiger partial charge in [-0.05, 0) is 37.5 Å². The molecule has 1 aliphatic heterocycles. The highest BCUT2D eigenvalue weighted by Crippen LogP contribution is 2.13. The van der Waals surface area contributed by atoms with Crippen LogP contribution in [0, 0.1) is 0 Å². The Labute approximate surface area is 148 Å². The predicted octanol–water partition coefficient (Wildman–Crippen LogP) is 2.98. The lowest BCUT2D eigenvalue weighted by atomic mass is 10.2. The predicted molar refractivity (Wildman–Crippen MR) is 96.2 cm³/mol. The van der Waals surface area contributed by atoms with Crippen molar-refractivity contribution in [1.29, 1.82) is 0 Å². The molecule has 2 amide bonds. The summed E-state index contributed by atoms with van der Waals surface area (Å²) in [6.07, 6.45) is 2.07. The maximum Gasteiger partial charge on any atom is 0.272 e. The average Bonchev–Trinajstić information content (AvgIpc) is 3.20. The third kappa shape index (κ3) is 4.05. The van der Waals surface area contributed by atoms with E-state index in [2.05, 4.69) is 4.98 Å². The van der Waals surface area contributed by atoms with Crippen LogP contribution in [0.4, 0.5) is 0 Å². The highest BCUT2D eigenvalue weighted by Gasteiger charge is 2.22. The molecule has 1 fully saturated rings. The summed E-state index contributed by atoms with van der Waals surface area (Å²) in [6, 6.07) is 15.0. The largest absolute Gasteiger partial charge is 0.337 e. The van der Waals surface area contributed by atoms with Crippen molar-refractivity contribution < 1.29 is 9.59 Å². The van der Waals surface area contributed by atoms with Crippen LogP contribution >= 0.6 is 0 Å². The van der Waals surface area contributed by atoms with Crippen molar-refractivity contribution >= 4 is 11.8 Å². The van der Waals surface area contributed by atoms with Gasteiger partial charge in [-0.15, -0.1) is 0 Å². The Bertz CT molecular complexity index is 740. The zero-order valence-corrected chi connectivity index (χ0v) is 14.5. The molecule has 1 aliphatic rings. The van der Waals surface area contributed by atoms with Gasteiger partial charge in [0.05, 0.1) is 0 Å². The molecule has 3 rings (SSSR count). The molecule has 0 radical (unpaired) electrons. The summed E-state index contributed by atoms with van der Waals surface area (Å²) < 4.78 is 0. The molecular weight excluding hydrogens is 314 g/mol. The maximum atomic E-state index is 12.8. The Balaban J connectivity index is 1.76. The van der Waals surface area contributed by atoms with E-state index in [1.165, 1.54) is 0 Å². The van der Waals surface area contributed by atoms with Gasteiger partial charge < -0.3 is 9.80 Å². The van der Waals surface area contributed by atoms with Gasteiger partial charge in [0.1, 0.15) is 11.4 Å². The molecule has 0 aliphatic carbocycles. The summed E-state index contributed by atoms with van der Waals surface area (Å²) in [5, 5.41) is 0. The Kier molecular flexibility index (Phi) is 5.43. The summed E-state index contributed by atoms with van der Waals surface area (Å²) in [7, 11) is 0. The number of amides is 2. The van der Waals surface area contributed by atoms with Crippen LogP contribution in [0.3, 0.4) is 0 Å². The minimum absolute atomic E-state index is 0.0849. The first-order valence-electron chi connectivity index (χ1n) is 8.78. The van der Waals surface area contributed by atoms with Gasteiger partial charge in [0.2, 0.25) is 0 Å². The monoisotopic (exact) mass is 337 g/mol. The fourth-order valence-electron chi connectivity index (χ4n) is 3.05. The topological polar surface area (TPSA) is 53.5 Å². The van der Waals surface area contributed by atoms with Crippen molar-refractivity contribution in [2.45, 2.75) is 26.3 Å². The van der Waals surface area contributed by atoms with E-state index < -0.39 is 0 Å². The van der Waals surface area contributed by atoms with E-state index in [9.17, 15) is 9.59 Å². The number of aromatic nitrogens is 1. The highest BCUT2D eigenvalue weighted by atomic mass is 16.2. The van der Waals surface area contributed by atoms with E-state index in [1.54, 1.807) is 28.0 Å². The van der Waals surface area contributed by atoms with Crippen LogP contribution < -0.4 is 0 Å². The van der Waals surface area contributed by atoms with E-state index >= 15 is 0 Å². The van der Waals surface area contributed by atoms with E-state index in [0.717, 1.165) is 31.5 Å². The molecule has 0 N–H and O–H groups in total. The number of likely N-dealkylation sites (tertiary alicyclic amines) is 1. The standard InChI is InChI=1S/C20H23N3O2/c1-2-22(15-16-9-4-3-5-10-16)19(24)17-11-8-12-18(21-17)20(25)23-13-6-7-14-23/h3-5,8-12H,2,6-7,13-15H2,1H3. The molecule has 2 heterocycles. The van der Waals surface area contributed by atoms with Crippen molar-refractivity contribution in [3.05, 3.63) is 65.5 Å². The molecule has 0 saturated carbocycles. The van der Waals surface area contributed by atoms with Crippen LogP contribution in [-0.4, -0.2) is 46.2 Å². The van der Waals surface area contributed by atoms with E-state index in [1.807, 2.05) is 37.3 Å². The van der Waals surface area contributed by atoms with Crippen LogP contribution in [0.1, 0.15) is 46.3 Å². The molecule has 0 unspecified atom stereocenters. The van der Waals surface area contributed by atoms with Gasteiger partial charge in [0.25, 0.3) is 11.8 Å². The Morgan fingerprint density at radius 2 is 1.68 bits per heavy atom. The summed E-state index contributed by atoms with van der Waals surface area (Å²) in [5.74, 6) is -0.235. The first-order chi connectivity index (χ1) is 12.2. The van der Waals surface area contributed by atoms with Crippen molar-refractivity contribution in [2.24, 2.45) is 0 Å².